The van der Waals surface area contributed by atoms with Crippen molar-refractivity contribution in [3.8, 4) is 5.75 Å². The Morgan fingerprint density at radius 3 is 2.58 bits per heavy atom. The summed E-state index contributed by atoms with van der Waals surface area (Å²) < 4.78 is 15.4. The van der Waals surface area contributed by atoms with Gasteiger partial charge in [-0.15, -0.1) is 0 Å². The van der Waals surface area contributed by atoms with Gasteiger partial charge in [-0.3, -0.25) is 4.99 Å². The number of aliphatic imine (C=N–C) groups is 1. The predicted octanol–water partition coefficient (Wildman–Crippen LogP) is 2.80. The number of ether oxygens (including phenoxy) is 2. The summed E-state index contributed by atoms with van der Waals surface area (Å²) in [6, 6.07) is 7.98. The van der Waals surface area contributed by atoms with Crippen molar-refractivity contribution in [1.29, 1.82) is 0 Å². The van der Waals surface area contributed by atoms with Crippen LogP contribution in [0.5, 0.6) is 5.75 Å². The molecule has 1 aromatic heterocycles. The van der Waals surface area contributed by atoms with Gasteiger partial charge in [0.15, 0.2) is 5.96 Å². The summed E-state index contributed by atoms with van der Waals surface area (Å²) in [6.07, 6.45) is 1.78. The second kappa shape index (κ2) is 12.5. The van der Waals surface area contributed by atoms with E-state index in [9.17, 15) is 0 Å². The van der Waals surface area contributed by atoms with Crippen molar-refractivity contribution in [1.82, 2.24) is 19.6 Å². The Labute approximate surface area is 189 Å². The molecule has 0 atom stereocenters. The fourth-order valence-corrected chi connectivity index (χ4v) is 4.12. The smallest absolute Gasteiger partial charge is 0.205 e. The first-order valence-corrected chi connectivity index (χ1v) is 11.8. The normalized spacial score (nSPS) is 14.7. The molecule has 0 spiro atoms. The standard InChI is InChI=1S/C22H34N6O2S/c1-4-20-25-22(31-26-20)28-14-12-27(13-15-28)21(23-5-2)24-11-6-16-30-17-18-7-9-19(29-3)10-8-18/h7-10H,4-6,11-17H2,1-3H3,(H,23,24). The molecular weight excluding hydrogens is 412 g/mol. The van der Waals surface area contributed by atoms with Crippen LogP contribution < -0.4 is 15.0 Å². The number of rotatable bonds is 10. The zero-order valence-electron chi connectivity index (χ0n) is 18.8. The molecule has 2 heterocycles. The van der Waals surface area contributed by atoms with Gasteiger partial charge in [0.2, 0.25) is 5.13 Å². The number of piperazine rings is 1. The minimum Gasteiger partial charge on any atom is -0.497 e. The zero-order valence-corrected chi connectivity index (χ0v) is 19.7. The molecule has 9 heteroatoms. The molecule has 0 radical (unpaired) electrons. The van der Waals surface area contributed by atoms with Crippen LogP contribution in [0, 0.1) is 0 Å². The first-order valence-electron chi connectivity index (χ1n) is 11.0. The first-order chi connectivity index (χ1) is 15.2. The number of aromatic nitrogens is 2. The molecule has 0 saturated carbocycles. The van der Waals surface area contributed by atoms with Crippen molar-refractivity contribution in [3.63, 3.8) is 0 Å². The highest BCUT2D eigenvalue weighted by Crippen LogP contribution is 2.19. The minimum atomic E-state index is 0.612. The van der Waals surface area contributed by atoms with Gasteiger partial charge in [-0.2, -0.15) is 4.37 Å². The third-order valence-corrected chi connectivity index (χ3v) is 5.91. The van der Waals surface area contributed by atoms with Gasteiger partial charge in [0.25, 0.3) is 0 Å². The quantitative estimate of drug-likeness (QED) is 0.342. The summed E-state index contributed by atoms with van der Waals surface area (Å²) in [7, 11) is 1.67. The Balaban J connectivity index is 1.39. The lowest BCUT2D eigenvalue weighted by Crippen LogP contribution is -2.52. The second-order valence-corrected chi connectivity index (χ2v) is 8.04. The molecule has 1 aromatic carbocycles. The maximum absolute atomic E-state index is 5.79. The van der Waals surface area contributed by atoms with Gasteiger partial charge in [0.1, 0.15) is 11.6 Å². The van der Waals surface area contributed by atoms with Crippen LogP contribution in [0.1, 0.15) is 31.7 Å². The number of anilines is 1. The maximum Gasteiger partial charge on any atom is 0.205 e. The van der Waals surface area contributed by atoms with E-state index < -0.39 is 0 Å². The van der Waals surface area contributed by atoms with Gasteiger partial charge < -0.3 is 24.6 Å². The molecule has 1 N–H and O–H groups in total. The monoisotopic (exact) mass is 446 g/mol. The molecule has 31 heavy (non-hydrogen) atoms. The molecule has 8 nitrogen and oxygen atoms in total. The Hall–Kier alpha value is -2.39. The predicted molar refractivity (Wildman–Crippen MR) is 126 cm³/mol. The lowest BCUT2D eigenvalue weighted by atomic mass is 10.2. The number of nitrogens with one attached hydrogen (secondary N) is 1. The summed E-state index contributed by atoms with van der Waals surface area (Å²) in [6.45, 7) is 10.9. The number of benzene rings is 1. The third kappa shape index (κ3) is 7.07. The molecular formula is C22H34N6O2S. The average Bonchev–Trinajstić information content (AvgIpc) is 3.30. The van der Waals surface area contributed by atoms with Gasteiger partial charge >= 0.3 is 0 Å². The molecule has 2 aromatic rings. The van der Waals surface area contributed by atoms with Crippen LogP contribution >= 0.6 is 11.5 Å². The summed E-state index contributed by atoms with van der Waals surface area (Å²) in [5, 5.41) is 4.46. The second-order valence-electron chi connectivity index (χ2n) is 7.31. The van der Waals surface area contributed by atoms with E-state index in [-0.39, 0.29) is 0 Å². The molecule has 1 aliphatic heterocycles. The van der Waals surface area contributed by atoms with Crippen LogP contribution in [0.4, 0.5) is 5.13 Å². The number of aryl methyl sites for hydroxylation is 1. The van der Waals surface area contributed by atoms with Crippen LogP contribution in [0.25, 0.3) is 0 Å². The van der Waals surface area contributed by atoms with E-state index >= 15 is 0 Å². The number of nitrogens with zero attached hydrogens (tertiary/aromatic N) is 5. The Kier molecular flexibility index (Phi) is 9.36. The first kappa shape index (κ1) is 23.3. The van der Waals surface area contributed by atoms with E-state index in [1.54, 1.807) is 7.11 Å². The van der Waals surface area contributed by atoms with Crippen molar-refractivity contribution in [2.45, 2.75) is 33.3 Å². The molecule has 3 rings (SSSR count). The van der Waals surface area contributed by atoms with Gasteiger partial charge in [-0.05, 0) is 31.0 Å². The molecule has 0 amide bonds. The fraction of sp³-hybridized carbons (Fsp3) is 0.591. The molecule has 170 valence electrons. The average molecular weight is 447 g/mol. The van der Waals surface area contributed by atoms with E-state index in [4.69, 9.17) is 14.5 Å². The number of guanidine groups is 1. The molecule has 1 fully saturated rings. The molecule has 0 unspecified atom stereocenters. The largest absolute Gasteiger partial charge is 0.497 e. The highest BCUT2D eigenvalue weighted by molar-refractivity contribution is 7.09. The van der Waals surface area contributed by atoms with Crippen LogP contribution in [0.2, 0.25) is 0 Å². The summed E-state index contributed by atoms with van der Waals surface area (Å²) in [5.41, 5.74) is 1.15. The van der Waals surface area contributed by atoms with E-state index in [2.05, 4.69) is 38.3 Å². The van der Waals surface area contributed by atoms with Gasteiger partial charge in [-0.1, -0.05) is 19.1 Å². The molecule has 0 aliphatic carbocycles. The molecule has 1 saturated heterocycles. The Bertz CT molecular complexity index is 803. The van der Waals surface area contributed by atoms with E-state index in [1.165, 1.54) is 11.5 Å². The minimum absolute atomic E-state index is 0.612. The third-order valence-electron chi connectivity index (χ3n) is 5.09. The van der Waals surface area contributed by atoms with Gasteiger partial charge in [0, 0.05) is 63.8 Å². The van der Waals surface area contributed by atoms with E-state index in [0.29, 0.717) is 13.2 Å². The number of hydrogen-bond donors (Lipinski definition) is 1. The Morgan fingerprint density at radius 1 is 1.16 bits per heavy atom. The number of hydrogen-bond acceptors (Lipinski definition) is 7. The van der Waals surface area contributed by atoms with Crippen molar-refractivity contribution in [3.05, 3.63) is 35.7 Å². The topological polar surface area (TPSA) is 75.1 Å². The van der Waals surface area contributed by atoms with Crippen molar-refractivity contribution < 1.29 is 9.47 Å². The summed E-state index contributed by atoms with van der Waals surface area (Å²) in [4.78, 5) is 14.1. The fourth-order valence-electron chi connectivity index (χ4n) is 3.32. The summed E-state index contributed by atoms with van der Waals surface area (Å²) >= 11 is 1.50. The van der Waals surface area contributed by atoms with Crippen molar-refractivity contribution >= 4 is 22.6 Å². The zero-order chi connectivity index (χ0) is 21.9. The van der Waals surface area contributed by atoms with Crippen LogP contribution in [0.3, 0.4) is 0 Å². The van der Waals surface area contributed by atoms with Crippen LogP contribution in [-0.2, 0) is 17.8 Å². The van der Waals surface area contributed by atoms with E-state index in [1.807, 2.05) is 24.3 Å². The summed E-state index contributed by atoms with van der Waals surface area (Å²) in [5.74, 6) is 2.79. The van der Waals surface area contributed by atoms with Crippen molar-refractivity contribution in [2.24, 2.45) is 4.99 Å². The van der Waals surface area contributed by atoms with E-state index in [0.717, 1.165) is 80.3 Å². The lowest BCUT2D eigenvalue weighted by molar-refractivity contribution is 0.120. The maximum atomic E-state index is 5.79. The number of methoxy groups -OCH3 is 1. The molecule has 0 bridgehead atoms. The van der Waals surface area contributed by atoms with Crippen LogP contribution in [-0.4, -0.2) is 73.2 Å². The van der Waals surface area contributed by atoms with Gasteiger partial charge in [-0.25, -0.2) is 4.98 Å². The highest BCUT2D eigenvalue weighted by Gasteiger charge is 2.21. The van der Waals surface area contributed by atoms with Gasteiger partial charge in [0.05, 0.1) is 13.7 Å². The lowest BCUT2D eigenvalue weighted by Gasteiger charge is -2.36. The molecule has 1 aliphatic rings. The SMILES string of the molecule is CCNC(=NCCCOCc1ccc(OC)cc1)N1CCN(c2nc(CC)ns2)CC1. The Morgan fingerprint density at radius 2 is 1.94 bits per heavy atom. The van der Waals surface area contributed by atoms with Crippen LogP contribution in [0.15, 0.2) is 29.3 Å². The highest BCUT2D eigenvalue weighted by atomic mass is 32.1. The van der Waals surface area contributed by atoms with Crippen molar-refractivity contribution in [2.75, 3.05) is 57.9 Å².